The minimum atomic E-state index is -1.05. The normalized spacial score (nSPS) is 11.0. The Morgan fingerprint density at radius 2 is 2.00 bits per heavy atom. The van der Waals surface area contributed by atoms with Gasteiger partial charge in [-0.1, -0.05) is 6.58 Å². The minimum Gasteiger partial charge on any atom is -0.191 e. The highest BCUT2D eigenvalue weighted by molar-refractivity contribution is 5.86. The Bertz CT molecular complexity index is 137. The van der Waals surface area contributed by atoms with Crippen LogP contribution in [0.15, 0.2) is 30.2 Å². The lowest BCUT2D eigenvalue weighted by Crippen LogP contribution is -1.77. The zero-order chi connectivity index (χ0) is 6.57. The maximum atomic E-state index is 11.7. The molecule has 0 radical (unpaired) electrons. The second-order valence-corrected chi connectivity index (χ2v) is 1.01. The molecule has 0 amide bonds. The third kappa shape index (κ3) is 3.21. The van der Waals surface area contributed by atoms with Gasteiger partial charge in [0.2, 0.25) is 11.9 Å². The number of nitrogens with zero attached hydrogens (tertiary/aromatic N) is 1. The van der Waals surface area contributed by atoms with Crippen LogP contribution in [0.5, 0.6) is 0 Å². The summed E-state index contributed by atoms with van der Waals surface area (Å²) in [7, 11) is 0. The third-order valence-electron chi connectivity index (χ3n) is 0.397. The van der Waals surface area contributed by atoms with Crippen LogP contribution in [0.3, 0.4) is 0 Å². The van der Waals surface area contributed by atoms with Gasteiger partial charge >= 0.3 is 0 Å². The number of aliphatic imine (C=N–C) groups is 1. The van der Waals surface area contributed by atoms with Crippen molar-refractivity contribution in [3.8, 4) is 0 Å². The molecule has 44 valence electrons. The Labute approximate surface area is 46.0 Å². The van der Waals surface area contributed by atoms with E-state index in [1.807, 2.05) is 0 Å². The van der Waals surface area contributed by atoms with E-state index in [0.29, 0.717) is 0 Å². The molecule has 0 aromatic heterocycles. The second kappa shape index (κ2) is 3.07. The lowest BCUT2D eigenvalue weighted by Gasteiger charge is -1.80. The van der Waals surface area contributed by atoms with Gasteiger partial charge in [0.25, 0.3) is 0 Å². The van der Waals surface area contributed by atoms with Crippen LogP contribution in [0.2, 0.25) is 0 Å². The van der Waals surface area contributed by atoms with E-state index >= 15 is 0 Å². The van der Waals surface area contributed by atoms with Crippen molar-refractivity contribution in [2.45, 2.75) is 0 Å². The van der Waals surface area contributed by atoms with Crippen molar-refractivity contribution in [2.24, 2.45) is 4.99 Å². The predicted molar refractivity (Wildman–Crippen MR) is 29.0 cm³/mol. The van der Waals surface area contributed by atoms with E-state index in [1.54, 1.807) is 0 Å². The van der Waals surface area contributed by atoms with Crippen molar-refractivity contribution < 1.29 is 8.78 Å². The Morgan fingerprint density at radius 1 is 1.50 bits per heavy atom. The van der Waals surface area contributed by atoms with Crippen LogP contribution >= 0.6 is 0 Å². The number of allylic oxidation sites excluding steroid dienone is 1. The molecule has 0 aliphatic carbocycles. The Balaban J connectivity index is 3.94. The van der Waals surface area contributed by atoms with Gasteiger partial charge in [-0.2, -0.15) is 13.8 Å². The van der Waals surface area contributed by atoms with Gasteiger partial charge in [0.05, 0.1) is 0 Å². The van der Waals surface area contributed by atoms with E-state index < -0.39 is 11.9 Å². The maximum absolute atomic E-state index is 11.7. The molecule has 0 atom stereocenters. The molecule has 0 N–H and O–H groups in total. The molecule has 0 aliphatic rings. The van der Waals surface area contributed by atoms with Crippen molar-refractivity contribution in [3.05, 3.63) is 25.2 Å². The fourth-order valence-electron chi connectivity index (χ4n) is 0.162. The Kier molecular flexibility index (Phi) is 2.69. The van der Waals surface area contributed by atoms with E-state index in [-0.39, 0.29) is 0 Å². The molecule has 0 aliphatic heterocycles. The van der Waals surface area contributed by atoms with Gasteiger partial charge in [-0.15, -0.1) is 0 Å². The fourth-order valence-corrected chi connectivity index (χ4v) is 0.162. The molecule has 0 fully saturated rings. The summed E-state index contributed by atoms with van der Waals surface area (Å²) in [6.45, 7) is 5.70. The minimum absolute atomic E-state index is 0.796. The van der Waals surface area contributed by atoms with Gasteiger partial charge in [-0.25, -0.2) is 0 Å². The summed E-state index contributed by atoms with van der Waals surface area (Å²) in [4.78, 5) is 2.67. The molecule has 3 heteroatoms. The van der Waals surface area contributed by atoms with E-state index in [0.717, 1.165) is 6.08 Å². The fraction of sp³-hybridized carbons (Fsp3) is 0. The quantitative estimate of drug-likeness (QED) is 0.387. The van der Waals surface area contributed by atoms with Gasteiger partial charge in [0.1, 0.15) is 0 Å². The predicted octanol–water partition coefficient (Wildman–Crippen LogP) is 1.98. The molecule has 0 aromatic rings. The van der Waals surface area contributed by atoms with Gasteiger partial charge in [0.15, 0.2) is 0 Å². The van der Waals surface area contributed by atoms with Gasteiger partial charge in [-0.3, -0.25) is 0 Å². The second-order valence-electron chi connectivity index (χ2n) is 1.01. The van der Waals surface area contributed by atoms with E-state index in [1.165, 1.54) is 0 Å². The van der Waals surface area contributed by atoms with Crippen LogP contribution < -0.4 is 0 Å². The van der Waals surface area contributed by atoms with Crippen LogP contribution in [-0.2, 0) is 0 Å². The zero-order valence-corrected chi connectivity index (χ0v) is 4.19. The average molecular weight is 117 g/mol. The van der Waals surface area contributed by atoms with E-state index in [2.05, 4.69) is 18.2 Å². The highest BCUT2D eigenvalue weighted by atomic mass is 19.1. The first-order valence-corrected chi connectivity index (χ1v) is 1.88. The summed E-state index contributed by atoms with van der Waals surface area (Å²) >= 11 is 0. The molecule has 0 aromatic carbocycles. The molecule has 1 nitrogen and oxygen atoms in total. The highest BCUT2D eigenvalue weighted by Gasteiger charge is 1.86. The van der Waals surface area contributed by atoms with Crippen molar-refractivity contribution >= 4 is 5.97 Å². The highest BCUT2D eigenvalue weighted by Crippen LogP contribution is 1.94. The Morgan fingerprint density at radius 3 is 2.12 bits per heavy atom. The van der Waals surface area contributed by atoms with Gasteiger partial charge < -0.3 is 0 Å². The van der Waals surface area contributed by atoms with Crippen molar-refractivity contribution in [1.29, 1.82) is 0 Å². The number of halogens is 2. The van der Waals surface area contributed by atoms with E-state index in [9.17, 15) is 8.78 Å². The maximum Gasteiger partial charge on any atom is 0.214 e. The summed E-state index contributed by atoms with van der Waals surface area (Å²) in [6, 6.07) is 0. The molecule has 0 bridgehead atoms. The summed E-state index contributed by atoms with van der Waals surface area (Å²) < 4.78 is 23.2. The summed E-state index contributed by atoms with van der Waals surface area (Å²) in [5.74, 6) is -2.01. The largest absolute Gasteiger partial charge is 0.214 e. The SMILES string of the molecule is C=C/C(F)=N\C(=C)F. The van der Waals surface area contributed by atoms with Crippen LogP contribution in [0.4, 0.5) is 8.78 Å². The number of rotatable bonds is 2. The van der Waals surface area contributed by atoms with Crippen molar-refractivity contribution in [1.82, 2.24) is 0 Å². The first-order chi connectivity index (χ1) is 3.66. The molecular formula is C5H5F2N. The number of hydrogen-bond acceptors (Lipinski definition) is 1. The Hall–Kier alpha value is -0.990. The molecule has 8 heavy (non-hydrogen) atoms. The average Bonchev–Trinajstić information content (AvgIpc) is 1.65. The van der Waals surface area contributed by atoms with Crippen molar-refractivity contribution in [2.75, 3.05) is 0 Å². The lowest BCUT2D eigenvalue weighted by molar-refractivity contribution is 0.626. The van der Waals surface area contributed by atoms with Crippen LogP contribution in [0, 0.1) is 0 Å². The topological polar surface area (TPSA) is 12.4 Å². The first-order valence-electron chi connectivity index (χ1n) is 1.88. The molecule has 0 rings (SSSR count). The molecule has 0 saturated carbocycles. The van der Waals surface area contributed by atoms with Gasteiger partial charge in [-0.05, 0) is 12.7 Å². The summed E-state index contributed by atoms with van der Waals surface area (Å²) in [6.07, 6.45) is 0.796. The zero-order valence-electron chi connectivity index (χ0n) is 4.19. The standard InChI is InChI=1S/C5H5F2N/c1-3-5(7)8-4(2)6/h3H,1-2H2/b8-5+. The summed E-state index contributed by atoms with van der Waals surface area (Å²) in [5, 5.41) is 0. The van der Waals surface area contributed by atoms with Crippen LogP contribution in [0.25, 0.3) is 0 Å². The van der Waals surface area contributed by atoms with Crippen LogP contribution in [-0.4, -0.2) is 5.97 Å². The number of hydrogen-bond donors (Lipinski definition) is 0. The van der Waals surface area contributed by atoms with Gasteiger partial charge in [0, 0.05) is 0 Å². The first kappa shape index (κ1) is 7.01. The smallest absolute Gasteiger partial charge is 0.191 e. The molecule has 0 unspecified atom stereocenters. The monoisotopic (exact) mass is 117 g/mol. The molecular weight excluding hydrogens is 112 g/mol. The molecule has 0 heterocycles. The van der Waals surface area contributed by atoms with E-state index in [4.69, 9.17) is 0 Å². The van der Waals surface area contributed by atoms with Crippen LogP contribution in [0.1, 0.15) is 0 Å². The van der Waals surface area contributed by atoms with Crippen molar-refractivity contribution in [3.63, 3.8) is 0 Å². The molecule has 0 saturated heterocycles. The third-order valence-corrected chi connectivity index (χ3v) is 0.397. The lowest BCUT2D eigenvalue weighted by atomic mass is 10.7. The molecule has 0 spiro atoms. The summed E-state index contributed by atoms with van der Waals surface area (Å²) in [5.41, 5.74) is 0.